The van der Waals surface area contributed by atoms with Crippen LogP contribution in [0.1, 0.15) is 119 Å². The van der Waals surface area contributed by atoms with Crippen molar-refractivity contribution in [1.29, 1.82) is 0 Å². The topological polar surface area (TPSA) is 99.9 Å². The first kappa shape index (κ1) is 35.6. The highest BCUT2D eigenvalue weighted by Crippen LogP contribution is 2.77. The summed E-state index contributed by atoms with van der Waals surface area (Å²) in [7, 11) is 1.44. The number of rotatable bonds is 11. The zero-order valence-electron chi connectivity index (χ0n) is 30.8. The third-order valence-electron chi connectivity index (χ3n) is 15.3. The zero-order chi connectivity index (χ0) is 34.7. The Bertz CT molecular complexity index is 1360. The number of aryl methyl sites for hydroxylation is 1. The molecule has 11 atom stereocenters. The summed E-state index contributed by atoms with van der Waals surface area (Å²) < 4.78 is 20.2. The summed E-state index contributed by atoms with van der Waals surface area (Å²) >= 11 is 0. The molecule has 8 heteroatoms. The molecule has 0 aromatic carbocycles. The van der Waals surface area contributed by atoms with Gasteiger partial charge in [-0.2, -0.15) is 0 Å². The number of unbranched alkanes of at least 4 members (excludes halogenated alkanes) is 3. The number of hydrogen-bond acceptors (Lipinski definition) is 7. The van der Waals surface area contributed by atoms with Crippen molar-refractivity contribution in [2.45, 2.75) is 143 Å². The second-order valence-corrected chi connectivity index (χ2v) is 17.7. The standard InChI is InChI=1S/C40H62N2O6/c1-26(2)27-13-16-40(35(45)47-22-12-10-9-11-20-42-21-19-41-25-42)18-17-37(5)28(33(27)40)23-29(43)34-38(37,6)15-14-30-36(3,4)48-31(39(30,34)7)24-32(44)46-8/h19,21,25,27-31,33-34,43H,1,9-18,20,22-24H2,2-8H3/t27-,28+,29+,30?,31?,33+,34-,37+,38+,39+,40-/m0/s1. The first-order valence-corrected chi connectivity index (χ1v) is 18.9. The van der Waals surface area contributed by atoms with Gasteiger partial charge in [-0.1, -0.05) is 39.3 Å². The Kier molecular flexibility index (Phi) is 9.54. The molecule has 5 aliphatic rings. The number of ether oxygens (including phenoxy) is 3. The van der Waals surface area contributed by atoms with Crippen molar-refractivity contribution >= 4 is 11.9 Å². The van der Waals surface area contributed by atoms with E-state index in [2.05, 4.69) is 57.7 Å². The minimum absolute atomic E-state index is 0.0155. The van der Waals surface area contributed by atoms with E-state index in [4.69, 9.17) is 14.2 Å². The van der Waals surface area contributed by atoms with Gasteiger partial charge in [-0.25, -0.2) is 4.98 Å². The summed E-state index contributed by atoms with van der Waals surface area (Å²) in [4.78, 5) is 31.1. The van der Waals surface area contributed by atoms with Gasteiger partial charge in [0.1, 0.15) is 0 Å². The van der Waals surface area contributed by atoms with Crippen LogP contribution in [0.25, 0.3) is 0 Å². The summed E-state index contributed by atoms with van der Waals surface area (Å²) in [6, 6.07) is 0. The van der Waals surface area contributed by atoms with Crippen LogP contribution in [0.3, 0.4) is 0 Å². The Morgan fingerprint density at radius 1 is 1.02 bits per heavy atom. The van der Waals surface area contributed by atoms with Crippen LogP contribution in [0.2, 0.25) is 0 Å². The number of carbonyl (C=O) groups is 2. The van der Waals surface area contributed by atoms with Gasteiger partial charge in [-0.05, 0) is 125 Å². The monoisotopic (exact) mass is 666 g/mol. The fourth-order valence-corrected chi connectivity index (χ4v) is 12.9. The van der Waals surface area contributed by atoms with Crippen molar-refractivity contribution in [2.24, 2.45) is 51.2 Å². The van der Waals surface area contributed by atoms with Gasteiger partial charge in [0.25, 0.3) is 0 Å². The molecule has 0 bridgehead atoms. The highest BCUT2D eigenvalue weighted by Gasteiger charge is 2.76. The Balaban J connectivity index is 1.23. The summed E-state index contributed by atoms with van der Waals surface area (Å²) in [6.07, 6.45) is 15.3. The van der Waals surface area contributed by atoms with Crippen LogP contribution in [0.5, 0.6) is 0 Å². The van der Waals surface area contributed by atoms with E-state index in [1.54, 1.807) is 0 Å². The van der Waals surface area contributed by atoms with Gasteiger partial charge >= 0.3 is 11.9 Å². The Labute approximate surface area is 288 Å². The molecule has 4 aliphatic carbocycles. The van der Waals surface area contributed by atoms with Crippen molar-refractivity contribution in [3.8, 4) is 0 Å². The summed E-state index contributed by atoms with van der Waals surface area (Å²) in [5, 5.41) is 12.5. The molecular formula is C40H62N2O6. The van der Waals surface area contributed by atoms with Crippen LogP contribution in [0.4, 0.5) is 0 Å². The first-order chi connectivity index (χ1) is 22.7. The van der Waals surface area contributed by atoms with Gasteiger partial charge in [0.2, 0.25) is 0 Å². The maximum Gasteiger partial charge on any atom is 0.312 e. The fourth-order valence-electron chi connectivity index (χ4n) is 12.9. The molecule has 4 saturated carbocycles. The summed E-state index contributed by atoms with van der Waals surface area (Å²) in [5.74, 6) is 0.451. The van der Waals surface area contributed by atoms with Gasteiger partial charge in [-0.15, -0.1) is 0 Å². The Hall–Kier alpha value is -2.19. The number of carbonyl (C=O) groups excluding carboxylic acids is 2. The SMILES string of the molecule is C=C(C)[C@@H]1CC[C@]2(C(=O)OCCCCCCn3ccnc3)CC[C@]3(C)[C@H](C[C@@H](O)[C@@H]4[C@@]5(C)C(CC(=O)OC)OC(C)(C)C5CC[C@]43C)[C@@H]12. The van der Waals surface area contributed by atoms with Crippen LogP contribution in [-0.4, -0.2) is 58.1 Å². The lowest BCUT2D eigenvalue weighted by molar-refractivity contribution is -0.255. The predicted octanol–water partition coefficient (Wildman–Crippen LogP) is 7.54. The fraction of sp³-hybridized carbons (Fsp3) is 0.825. The number of allylic oxidation sites excluding steroid dienone is 1. The van der Waals surface area contributed by atoms with Crippen LogP contribution < -0.4 is 0 Å². The maximum absolute atomic E-state index is 14.3. The lowest BCUT2D eigenvalue weighted by Crippen LogP contribution is -2.69. The molecule has 1 aromatic heterocycles. The van der Waals surface area contributed by atoms with Crippen LogP contribution in [-0.2, 0) is 30.3 Å². The van der Waals surface area contributed by atoms with E-state index < -0.39 is 17.1 Å². The molecule has 1 aliphatic heterocycles. The van der Waals surface area contributed by atoms with Gasteiger partial charge in [0.05, 0.1) is 49.7 Å². The van der Waals surface area contributed by atoms with Gasteiger partial charge < -0.3 is 23.9 Å². The van der Waals surface area contributed by atoms with E-state index in [1.165, 1.54) is 7.11 Å². The van der Waals surface area contributed by atoms with E-state index in [0.29, 0.717) is 13.0 Å². The summed E-state index contributed by atoms with van der Waals surface area (Å²) in [6.45, 7) is 19.5. The predicted molar refractivity (Wildman–Crippen MR) is 185 cm³/mol. The van der Waals surface area contributed by atoms with Crippen molar-refractivity contribution < 1.29 is 28.9 Å². The second kappa shape index (κ2) is 12.9. The number of hydrogen-bond donors (Lipinski definition) is 1. The van der Waals surface area contributed by atoms with Crippen LogP contribution in [0.15, 0.2) is 30.9 Å². The van der Waals surface area contributed by atoms with E-state index in [-0.39, 0.29) is 70.3 Å². The van der Waals surface area contributed by atoms with Crippen molar-refractivity contribution in [3.05, 3.63) is 30.9 Å². The number of methoxy groups -OCH3 is 1. The normalized spacial score (nSPS) is 42.6. The Morgan fingerprint density at radius 3 is 2.46 bits per heavy atom. The largest absolute Gasteiger partial charge is 0.469 e. The number of fused-ring (bicyclic) bond motifs is 7. The molecule has 6 rings (SSSR count). The van der Waals surface area contributed by atoms with Crippen molar-refractivity contribution in [3.63, 3.8) is 0 Å². The number of aliphatic hydroxyl groups excluding tert-OH is 1. The molecule has 8 nitrogen and oxygen atoms in total. The second-order valence-electron chi connectivity index (χ2n) is 17.7. The van der Waals surface area contributed by atoms with E-state index in [0.717, 1.165) is 76.3 Å². The molecule has 48 heavy (non-hydrogen) atoms. The first-order valence-electron chi connectivity index (χ1n) is 18.9. The molecule has 1 aromatic rings. The third-order valence-corrected chi connectivity index (χ3v) is 15.3. The number of aromatic nitrogens is 2. The van der Waals surface area contributed by atoms with E-state index in [9.17, 15) is 14.7 Å². The van der Waals surface area contributed by atoms with Gasteiger partial charge in [-0.3, -0.25) is 9.59 Å². The number of imidazole rings is 1. The minimum Gasteiger partial charge on any atom is -0.469 e. The quantitative estimate of drug-likeness (QED) is 0.148. The van der Waals surface area contributed by atoms with Gasteiger partial charge in [0.15, 0.2) is 0 Å². The number of aliphatic hydroxyl groups is 1. The smallest absolute Gasteiger partial charge is 0.312 e. The molecule has 268 valence electrons. The molecule has 1 saturated heterocycles. The highest BCUT2D eigenvalue weighted by molar-refractivity contribution is 5.78. The van der Waals surface area contributed by atoms with Crippen LogP contribution in [0, 0.1) is 51.2 Å². The molecule has 2 heterocycles. The molecule has 0 spiro atoms. The van der Waals surface area contributed by atoms with Crippen molar-refractivity contribution in [2.75, 3.05) is 13.7 Å². The molecule has 0 radical (unpaired) electrons. The lowest BCUT2D eigenvalue weighted by atomic mass is 9.33. The average Bonchev–Trinajstić information content (AvgIpc) is 3.73. The average molecular weight is 667 g/mol. The Morgan fingerprint density at radius 2 is 1.77 bits per heavy atom. The number of nitrogens with zero attached hydrogens (tertiary/aromatic N) is 2. The van der Waals surface area contributed by atoms with E-state index in [1.807, 2.05) is 18.7 Å². The molecular weight excluding hydrogens is 604 g/mol. The zero-order valence-corrected chi connectivity index (χ0v) is 30.8. The van der Waals surface area contributed by atoms with E-state index >= 15 is 0 Å². The molecule has 5 fully saturated rings. The maximum atomic E-state index is 14.3. The number of esters is 2. The minimum atomic E-state index is -0.556. The van der Waals surface area contributed by atoms with Crippen LogP contribution >= 0.6 is 0 Å². The lowest BCUT2D eigenvalue weighted by Gasteiger charge is -2.71. The van der Waals surface area contributed by atoms with Gasteiger partial charge in [0, 0.05) is 24.4 Å². The van der Waals surface area contributed by atoms with Crippen molar-refractivity contribution in [1.82, 2.24) is 9.55 Å². The highest BCUT2D eigenvalue weighted by atomic mass is 16.5. The molecule has 1 N–H and O–H groups in total. The summed E-state index contributed by atoms with van der Waals surface area (Å²) in [5.41, 5.74) is -0.422. The molecule has 2 unspecified atom stereocenters. The molecule has 0 amide bonds. The third kappa shape index (κ3) is 5.41.